The van der Waals surface area contributed by atoms with Crippen LogP contribution in [0.3, 0.4) is 0 Å². The first-order valence-electron chi connectivity index (χ1n) is 8.24. The zero-order valence-electron chi connectivity index (χ0n) is 13.4. The van der Waals surface area contributed by atoms with Crippen LogP contribution in [0.4, 0.5) is 0 Å². The van der Waals surface area contributed by atoms with E-state index in [9.17, 15) is 0 Å². The van der Waals surface area contributed by atoms with Crippen LogP contribution in [0.25, 0.3) is 11.0 Å². The van der Waals surface area contributed by atoms with Crippen molar-refractivity contribution < 1.29 is 0 Å². The summed E-state index contributed by atoms with van der Waals surface area (Å²) in [6.45, 7) is 5.82. The molecule has 1 saturated carbocycles. The predicted octanol–water partition coefficient (Wildman–Crippen LogP) is 3.70. The molecule has 1 aromatic carbocycles. The normalized spacial score (nSPS) is 27.9. The second kappa shape index (κ2) is 6.18. The fourth-order valence-corrected chi connectivity index (χ4v) is 4.18. The molecule has 0 aliphatic heterocycles. The van der Waals surface area contributed by atoms with Crippen molar-refractivity contribution in [3.63, 3.8) is 0 Å². The minimum Gasteiger partial charge on any atom is -0.329 e. The highest BCUT2D eigenvalue weighted by atomic mass is 15.1. The summed E-state index contributed by atoms with van der Waals surface area (Å²) in [5.41, 5.74) is 2.34. The monoisotopic (exact) mass is 285 g/mol. The van der Waals surface area contributed by atoms with Gasteiger partial charge in [0.2, 0.25) is 0 Å². The summed E-state index contributed by atoms with van der Waals surface area (Å²) in [7, 11) is 2.10. The Hall–Kier alpha value is -1.35. The third-order valence-electron chi connectivity index (χ3n) is 5.08. The molecule has 3 unspecified atom stereocenters. The van der Waals surface area contributed by atoms with E-state index in [-0.39, 0.29) is 0 Å². The Kier molecular flexibility index (Phi) is 4.29. The lowest BCUT2D eigenvalue weighted by Crippen LogP contribution is -2.40. The van der Waals surface area contributed by atoms with Gasteiger partial charge in [0, 0.05) is 12.6 Å². The molecule has 3 atom stereocenters. The summed E-state index contributed by atoms with van der Waals surface area (Å²) in [5, 5.41) is 3.57. The van der Waals surface area contributed by atoms with Crippen LogP contribution in [0.2, 0.25) is 0 Å². The Balaban J connectivity index is 1.78. The molecular weight excluding hydrogens is 258 g/mol. The summed E-state index contributed by atoms with van der Waals surface area (Å²) >= 11 is 0. The number of benzene rings is 1. The number of imidazole rings is 1. The summed E-state index contributed by atoms with van der Waals surface area (Å²) in [5.74, 6) is 2.48. The number of likely N-dealkylation sites (N-methyl/N-ethyl adjacent to an activating group) is 1. The number of aromatic nitrogens is 2. The Morgan fingerprint density at radius 2 is 1.90 bits per heavy atom. The number of para-hydroxylation sites is 2. The summed E-state index contributed by atoms with van der Waals surface area (Å²) < 4.78 is 2.31. The highest BCUT2D eigenvalue weighted by Gasteiger charge is 2.29. The first-order valence-corrected chi connectivity index (χ1v) is 8.24. The van der Waals surface area contributed by atoms with E-state index in [4.69, 9.17) is 0 Å². The molecule has 21 heavy (non-hydrogen) atoms. The van der Waals surface area contributed by atoms with Crippen molar-refractivity contribution in [1.29, 1.82) is 0 Å². The maximum atomic E-state index is 4.52. The van der Waals surface area contributed by atoms with Crippen LogP contribution in [0.15, 0.2) is 30.6 Å². The van der Waals surface area contributed by atoms with E-state index >= 15 is 0 Å². The number of fused-ring (bicyclic) bond motifs is 1. The molecule has 0 amide bonds. The molecule has 3 heteroatoms. The van der Waals surface area contributed by atoms with E-state index in [0.717, 1.165) is 29.8 Å². The first kappa shape index (κ1) is 14.6. The fraction of sp³-hybridized carbons (Fsp3) is 0.611. The number of nitrogens with one attached hydrogen (secondary N) is 1. The molecule has 1 heterocycles. The maximum absolute atomic E-state index is 4.52. The van der Waals surface area contributed by atoms with E-state index < -0.39 is 0 Å². The van der Waals surface area contributed by atoms with E-state index in [1.165, 1.54) is 24.8 Å². The van der Waals surface area contributed by atoms with Gasteiger partial charge in [0.25, 0.3) is 0 Å². The smallest absolute Gasteiger partial charge is 0.0958 e. The lowest BCUT2D eigenvalue weighted by Gasteiger charge is -2.36. The summed E-state index contributed by atoms with van der Waals surface area (Å²) in [6.07, 6.45) is 6.08. The standard InChI is InChI=1S/C18H27N3/c1-13-8-14(2)10-15(9-13)17(19-3)11-21-12-20-16-6-4-5-7-18(16)21/h4-7,12-15,17,19H,8-11H2,1-3H3. The largest absolute Gasteiger partial charge is 0.329 e. The molecule has 1 aliphatic carbocycles. The molecule has 1 aliphatic rings. The average Bonchev–Trinajstić information content (AvgIpc) is 2.87. The molecule has 0 bridgehead atoms. The third kappa shape index (κ3) is 3.13. The zero-order valence-corrected chi connectivity index (χ0v) is 13.4. The van der Waals surface area contributed by atoms with Gasteiger partial charge >= 0.3 is 0 Å². The van der Waals surface area contributed by atoms with Crippen LogP contribution in [0.5, 0.6) is 0 Å². The highest BCUT2D eigenvalue weighted by Crippen LogP contribution is 2.35. The predicted molar refractivity (Wildman–Crippen MR) is 88.2 cm³/mol. The number of rotatable bonds is 4. The summed E-state index contributed by atoms with van der Waals surface area (Å²) in [4.78, 5) is 4.52. The van der Waals surface area contributed by atoms with Crippen molar-refractivity contribution in [2.75, 3.05) is 7.05 Å². The molecule has 3 rings (SSSR count). The number of nitrogens with zero attached hydrogens (tertiary/aromatic N) is 2. The van der Waals surface area contributed by atoms with Crippen LogP contribution >= 0.6 is 0 Å². The van der Waals surface area contributed by atoms with Crippen LogP contribution in [-0.4, -0.2) is 22.6 Å². The number of hydrogen-bond donors (Lipinski definition) is 1. The first-order chi connectivity index (χ1) is 10.2. The Morgan fingerprint density at radius 3 is 2.62 bits per heavy atom. The second-order valence-corrected chi connectivity index (χ2v) is 6.96. The van der Waals surface area contributed by atoms with E-state index in [1.807, 2.05) is 6.33 Å². The minimum atomic E-state index is 0.535. The number of hydrogen-bond acceptors (Lipinski definition) is 2. The van der Waals surface area contributed by atoms with Gasteiger partial charge in [0.1, 0.15) is 0 Å². The maximum Gasteiger partial charge on any atom is 0.0958 e. The SMILES string of the molecule is CNC(Cn1cnc2ccccc21)C1CC(C)CC(C)C1. The van der Waals surface area contributed by atoms with Crippen molar-refractivity contribution in [2.45, 2.75) is 45.7 Å². The molecule has 1 aromatic heterocycles. The quantitative estimate of drug-likeness (QED) is 0.928. The van der Waals surface area contributed by atoms with Gasteiger partial charge in [0.05, 0.1) is 17.4 Å². The molecular formula is C18H27N3. The van der Waals surface area contributed by atoms with E-state index in [0.29, 0.717) is 6.04 Å². The van der Waals surface area contributed by atoms with Crippen LogP contribution < -0.4 is 5.32 Å². The Labute approximate surface area is 127 Å². The molecule has 1 fully saturated rings. The van der Waals surface area contributed by atoms with E-state index in [1.54, 1.807) is 0 Å². The van der Waals surface area contributed by atoms with Crippen LogP contribution in [0.1, 0.15) is 33.1 Å². The zero-order chi connectivity index (χ0) is 14.8. The van der Waals surface area contributed by atoms with Gasteiger partial charge in [-0.1, -0.05) is 26.0 Å². The molecule has 1 N–H and O–H groups in total. The lowest BCUT2D eigenvalue weighted by molar-refractivity contribution is 0.171. The van der Waals surface area contributed by atoms with Crippen molar-refractivity contribution >= 4 is 11.0 Å². The van der Waals surface area contributed by atoms with Gasteiger partial charge in [-0.05, 0) is 56.2 Å². The summed E-state index contributed by atoms with van der Waals surface area (Å²) in [6, 6.07) is 8.94. The van der Waals surface area contributed by atoms with Crippen LogP contribution in [0, 0.1) is 17.8 Å². The molecule has 0 radical (unpaired) electrons. The van der Waals surface area contributed by atoms with Crippen molar-refractivity contribution in [3.05, 3.63) is 30.6 Å². The van der Waals surface area contributed by atoms with Crippen molar-refractivity contribution in [2.24, 2.45) is 17.8 Å². The second-order valence-electron chi connectivity index (χ2n) is 6.96. The third-order valence-corrected chi connectivity index (χ3v) is 5.08. The van der Waals surface area contributed by atoms with E-state index in [2.05, 4.69) is 60.0 Å². The fourth-order valence-electron chi connectivity index (χ4n) is 4.18. The molecule has 2 aromatic rings. The van der Waals surface area contributed by atoms with Crippen molar-refractivity contribution in [3.8, 4) is 0 Å². The van der Waals surface area contributed by atoms with Gasteiger partial charge in [-0.2, -0.15) is 0 Å². The Bertz CT molecular complexity index is 579. The molecule has 3 nitrogen and oxygen atoms in total. The molecule has 114 valence electrons. The molecule has 0 spiro atoms. The van der Waals surface area contributed by atoms with Gasteiger partial charge in [-0.15, -0.1) is 0 Å². The minimum absolute atomic E-state index is 0.535. The topological polar surface area (TPSA) is 29.9 Å². The van der Waals surface area contributed by atoms with Crippen molar-refractivity contribution in [1.82, 2.24) is 14.9 Å². The Morgan fingerprint density at radius 1 is 1.19 bits per heavy atom. The van der Waals surface area contributed by atoms with Gasteiger partial charge in [-0.3, -0.25) is 0 Å². The average molecular weight is 285 g/mol. The molecule has 0 saturated heterocycles. The lowest BCUT2D eigenvalue weighted by atomic mass is 9.73. The van der Waals surface area contributed by atoms with Crippen LogP contribution in [-0.2, 0) is 6.54 Å². The van der Waals surface area contributed by atoms with Gasteiger partial charge < -0.3 is 9.88 Å². The van der Waals surface area contributed by atoms with Gasteiger partial charge in [0.15, 0.2) is 0 Å². The van der Waals surface area contributed by atoms with Gasteiger partial charge in [-0.25, -0.2) is 4.98 Å². The highest BCUT2D eigenvalue weighted by molar-refractivity contribution is 5.74.